The molecule has 2 rings (SSSR count). The van der Waals surface area contributed by atoms with Crippen LogP contribution in [0, 0.1) is 0 Å². The van der Waals surface area contributed by atoms with E-state index in [9.17, 15) is 4.79 Å². The van der Waals surface area contributed by atoms with Crippen molar-refractivity contribution >= 4 is 28.1 Å². The lowest BCUT2D eigenvalue weighted by molar-refractivity contribution is 0.0955. The molecule has 0 aliphatic carbocycles. The van der Waals surface area contributed by atoms with E-state index >= 15 is 0 Å². The van der Waals surface area contributed by atoms with Crippen LogP contribution in [-0.4, -0.2) is 30.8 Å². The van der Waals surface area contributed by atoms with Crippen LogP contribution in [0.25, 0.3) is 0 Å². The summed E-state index contributed by atoms with van der Waals surface area (Å²) in [7, 11) is 1.56. The van der Waals surface area contributed by atoms with Crippen molar-refractivity contribution in [2.45, 2.75) is 6.92 Å². The van der Waals surface area contributed by atoms with Crippen molar-refractivity contribution in [2.24, 2.45) is 5.10 Å². The number of methoxy groups -OCH3 is 1. The lowest BCUT2D eigenvalue weighted by Gasteiger charge is -2.11. The van der Waals surface area contributed by atoms with Crippen LogP contribution in [0.2, 0.25) is 0 Å². The number of aromatic nitrogens is 1. The lowest BCUT2D eigenvalue weighted by atomic mass is 10.2. The molecule has 1 N–H and O–H groups in total. The smallest absolute Gasteiger partial charge is 0.272 e. The van der Waals surface area contributed by atoms with E-state index in [4.69, 9.17) is 9.47 Å². The molecule has 1 amide bonds. The maximum Gasteiger partial charge on any atom is 0.272 e. The minimum atomic E-state index is -0.327. The van der Waals surface area contributed by atoms with Crippen molar-refractivity contribution in [3.63, 3.8) is 0 Å². The van der Waals surface area contributed by atoms with Crippen molar-refractivity contribution in [3.8, 4) is 11.5 Å². The third-order valence-corrected chi connectivity index (χ3v) is 3.43. The molecule has 120 valence electrons. The van der Waals surface area contributed by atoms with Gasteiger partial charge in [0, 0.05) is 12.4 Å². The largest absolute Gasteiger partial charge is 0.493 e. The second-order valence-electron chi connectivity index (χ2n) is 4.41. The molecule has 0 saturated heterocycles. The monoisotopic (exact) mass is 377 g/mol. The van der Waals surface area contributed by atoms with Crippen LogP contribution in [0.3, 0.4) is 0 Å². The van der Waals surface area contributed by atoms with E-state index in [2.05, 4.69) is 31.4 Å². The van der Waals surface area contributed by atoms with E-state index < -0.39 is 0 Å². The molecule has 1 heterocycles. The van der Waals surface area contributed by atoms with E-state index in [0.717, 1.165) is 10.0 Å². The summed E-state index contributed by atoms with van der Waals surface area (Å²) >= 11 is 3.44. The molecule has 0 saturated carbocycles. The summed E-state index contributed by atoms with van der Waals surface area (Å²) in [4.78, 5) is 15.7. The number of carbonyl (C=O) groups excluding carboxylic acids is 1. The van der Waals surface area contributed by atoms with Gasteiger partial charge in [-0.2, -0.15) is 5.10 Å². The number of amides is 1. The fraction of sp³-hybridized carbons (Fsp3) is 0.188. The number of hydrogen-bond acceptors (Lipinski definition) is 5. The fourth-order valence-corrected chi connectivity index (χ4v) is 2.40. The van der Waals surface area contributed by atoms with E-state index in [1.165, 1.54) is 12.4 Å². The van der Waals surface area contributed by atoms with Gasteiger partial charge in [-0.05, 0) is 52.7 Å². The highest BCUT2D eigenvalue weighted by Gasteiger charge is 2.10. The van der Waals surface area contributed by atoms with Crippen LogP contribution in [0.5, 0.6) is 11.5 Å². The molecule has 0 fully saturated rings. The molecule has 2 aromatic rings. The topological polar surface area (TPSA) is 72.8 Å². The molecule has 0 aliphatic rings. The third kappa shape index (κ3) is 4.53. The number of rotatable bonds is 6. The van der Waals surface area contributed by atoms with Crippen LogP contribution in [0.4, 0.5) is 0 Å². The Balaban J connectivity index is 2.11. The first kappa shape index (κ1) is 17.0. The zero-order valence-electron chi connectivity index (χ0n) is 12.7. The van der Waals surface area contributed by atoms with Crippen molar-refractivity contribution < 1.29 is 14.3 Å². The van der Waals surface area contributed by atoms with Crippen LogP contribution >= 0.6 is 15.9 Å². The first-order valence-corrected chi connectivity index (χ1v) is 7.68. The van der Waals surface area contributed by atoms with Gasteiger partial charge in [0.05, 0.1) is 30.0 Å². The average molecular weight is 378 g/mol. The molecule has 6 nitrogen and oxygen atoms in total. The lowest BCUT2D eigenvalue weighted by Crippen LogP contribution is -2.17. The molecule has 0 atom stereocenters. The molecule has 0 spiro atoms. The Morgan fingerprint density at radius 3 is 2.96 bits per heavy atom. The molecular formula is C16H16BrN3O3. The molecule has 0 radical (unpaired) electrons. The van der Waals surface area contributed by atoms with Gasteiger partial charge < -0.3 is 9.47 Å². The minimum absolute atomic E-state index is 0.327. The Labute approximate surface area is 142 Å². The molecule has 1 aromatic heterocycles. The quantitative estimate of drug-likeness (QED) is 0.620. The predicted molar refractivity (Wildman–Crippen MR) is 91.2 cm³/mol. The third-order valence-electron chi connectivity index (χ3n) is 2.84. The summed E-state index contributed by atoms with van der Waals surface area (Å²) in [6.07, 6.45) is 4.60. The van der Waals surface area contributed by atoms with Gasteiger partial charge in [-0.25, -0.2) is 5.43 Å². The van der Waals surface area contributed by atoms with Crippen LogP contribution in [0.15, 0.2) is 46.2 Å². The number of pyridine rings is 1. The van der Waals surface area contributed by atoms with E-state index in [-0.39, 0.29) is 5.91 Å². The van der Waals surface area contributed by atoms with Crippen molar-refractivity contribution in [2.75, 3.05) is 13.7 Å². The SMILES string of the molecule is CCOc1c(Br)cc(/C=N\NC(=O)c2cccnc2)cc1OC. The highest BCUT2D eigenvalue weighted by Crippen LogP contribution is 2.36. The molecule has 1 aromatic carbocycles. The number of carbonyl (C=O) groups is 1. The standard InChI is InChI=1S/C16H16BrN3O3/c1-3-23-15-13(17)7-11(8-14(15)22-2)9-19-20-16(21)12-5-4-6-18-10-12/h4-10H,3H2,1-2H3,(H,20,21)/b19-9-. The number of halogens is 1. The number of ether oxygens (including phenoxy) is 2. The maximum absolute atomic E-state index is 11.8. The summed E-state index contributed by atoms with van der Waals surface area (Å²) < 4.78 is 11.6. The summed E-state index contributed by atoms with van der Waals surface area (Å²) in [6, 6.07) is 6.95. The zero-order valence-corrected chi connectivity index (χ0v) is 14.3. The highest BCUT2D eigenvalue weighted by molar-refractivity contribution is 9.10. The Morgan fingerprint density at radius 1 is 1.48 bits per heavy atom. The average Bonchev–Trinajstić information content (AvgIpc) is 2.57. The van der Waals surface area contributed by atoms with Gasteiger partial charge in [0.1, 0.15) is 0 Å². The number of nitrogens with zero attached hydrogens (tertiary/aromatic N) is 2. The van der Waals surface area contributed by atoms with Gasteiger partial charge in [-0.1, -0.05) is 0 Å². The second-order valence-corrected chi connectivity index (χ2v) is 5.26. The zero-order chi connectivity index (χ0) is 16.7. The fourth-order valence-electron chi connectivity index (χ4n) is 1.83. The first-order valence-electron chi connectivity index (χ1n) is 6.89. The van der Waals surface area contributed by atoms with Crippen molar-refractivity contribution in [1.29, 1.82) is 0 Å². The maximum atomic E-state index is 11.8. The Bertz CT molecular complexity index is 705. The number of hydrogen-bond donors (Lipinski definition) is 1. The van der Waals surface area contributed by atoms with E-state index in [1.54, 1.807) is 31.5 Å². The molecule has 0 unspecified atom stereocenters. The second kappa shape index (κ2) is 8.28. The Morgan fingerprint density at radius 2 is 2.30 bits per heavy atom. The number of benzene rings is 1. The molecule has 7 heteroatoms. The van der Waals surface area contributed by atoms with Gasteiger partial charge in [0.25, 0.3) is 5.91 Å². The van der Waals surface area contributed by atoms with Crippen molar-refractivity contribution in [1.82, 2.24) is 10.4 Å². The van der Waals surface area contributed by atoms with Crippen LogP contribution < -0.4 is 14.9 Å². The van der Waals surface area contributed by atoms with Gasteiger partial charge in [-0.3, -0.25) is 9.78 Å². The number of hydrazone groups is 1. The van der Waals surface area contributed by atoms with Gasteiger partial charge >= 0.3 is 0 Å². The van der Waals surface area contributed by atoms with Crippen LogP contribution in [0.1, 0.15) is 22.8 Å². The number of nitrogens with one attached hydrogen (secondary N) is 1. The molecule has 23 heavy (non-hydrogen) atoms. The Kier molecular flexibility index (Phi) is 6.10. The van der Waals surface area contributed by atoms with E-state index in [1.807, 2.05) is 13.0 Å². The van der Waals surface area contributed by atoms with E-state index in [0.29, 0.717) is 23.7 Å². The summed E-state index contributed by atoms with van der Waals surface area (Å²) in [5.41, 5.74) is 3.64. The minimum Gasteiger partial charge on any atom is -0.493 e. The van der Waals surface area contributed by atoms with Gasteiger partial charge in [0.2, 0.25) is 0 Å². The Hall–Kier alpha value is -2.41. The summed E-state index contributed by atoms with van der Waals surface area (Å²) in [5, 5.41) is 3.94. The van der Waals surface area contributed by atoms with Crippen LogP contribution in [-0.2, 0) is 0 Å². The normalized spacial score (nSPS) is 10.6. The van der Waals surface area contributed by atoms with Gasteiger partial charge in [-0.15, -0.1) is 0 Å². The predicted octanol–water partition coefficient (Wildman–Crippen LogP) is 3.02. The first-order chi connectivity index (χ1) is 11.2. The summed E-state index contributed by atoms with van der Waals surface area (Å²) in [5.74, 6) is 0.888. The van der Waals surface area contributed by atoms with Gasteiger partial charge in [0.15, 0.2) is 11.5 Å². The van der Waals surface area contributed by atoms with Crippen molar-refractivity contribution in [3.05, 3.63) is 52.3 Å². The molecule has 0 aliphatic heterocycles. The molecular weight excluding hydrogens is 362 g/mol. The molecule has 0 bridgehead atoms. The summed E-state index contributed by atoms with van der Waals surface area (Å²) in [6.45, 7) is 2.43. The highest BCUT2D eigenvalue weighted by atomic mass is 79.9.